The quantitative estimate of drug-likeness (QED) is 0.390. The number of hydrogen-bond donors (Lipinski definition) is 1. The van der Waals surface area contributed by atoms with Gasteiger partial charge in [0.2, 0.25) is 11.8 Å². The molecule has 2 aromatic carbocycles. The highest BCUT2D eigenvalue weighted by Crippen LogP contribution is 2.24. The van der Waals surface area contributed by atoms with Gasteiger partial charge in [0, 0.05) is 21.7 Å². The summed E-state index contributed by atoms with van der Waals surface area (Å²) < 4.78 is 7.30. The fraction of sp³-hybridized carbons (Fsp3) is 0.100. The highest BCUT2D eigenvalue weighted by atomic mass is 35.5. The number of hydrogen-bond acceptors (Lipinski definition) is 6. The van der Waals surface area contributed by atoms with Gasteiger partial charge in [0.25, 0.3) is 5.22 Å². The molecule has 0 aliphatic heterocycles. The molecule has 2 heterocycles. The maximum absolute atomic E-state index is 12.4. The molecule has 2 aromatic heterocycles. The van der Waals surface area contributed by atoms with Gasteiger partial charge in [-0.25, -0.2) is 4.68 Å². The Morgan fingerprint density at radius 3 is 2.43 bits per heavy atom. The van der Waals surface area contributed by atoms with Gasteiger partial charge >= 0.3 is 0 Å². The van der Waals surface area contributed by atoms with Crippen LogP contribution in [-0.2, 0) is 11.3 Å². The van der Waals surface area contributed by atoms with Crippen molar-refractivity contribution < 1.29 is 9.21 Å². The molecule has 0 radical (unpaired) electrons. The summed E-state index contributed by atoms with van der Waals surface area (Å²) in [7, 11) is 0. The molecule has 1 N–H and O–H groups in total. The first-order valence-electron chi connectivity index (χ1n) is 8.85. The molecule has 10 heteroatoms. The highest BCUT2D eigenvalue weighted by Gasteiger charge is 2.13. The summed E-state index contributed by atoms with van der Waals surface area (Å²) in [6.45, 7) is 0.515. The van der Waals surface area contributed by atoms with E-state index in [0.29, 0.717) is 33.5 Å². The van der Waals surface area contributed by atoms with E-state index in [1.807, 2.05) is 24.3 Å². The van der Waals surface area contributed by atoms with E-state index in [-0.39, 0.29) is 11.7 Å². The Bertz CT molecular complexity index is 1140. The Kier molecular flexibility index (Phi) is 6.37. The molecule has 0 aliphatic carbocycles. The van der Waals surface area contributed by atoms with Crippen molar-refractivity contribution >= 4 is 46.7 Å². The molecule has 0 fully saturated rings. The molecule has 0 spiro atoms. The van der Waals surface area contributed by atoms with Gasteiger partial charge in [-0.15, -0.1) is 10.2 Å². The third-order valence-corrected chi connectivity index (χ3v) is 5.38. The van der Waals surface area contributed by atoms with Gasteiger partial charge in [-0.05, 0) is 42.0 Å². The molecule has 0 saturated heterocycles. The van der Waals surface area contributed by atoms with Crippen LogP contribution in [0.3, 0.4) is 0 Å². The van der Waals surface area contributed by atoms with E-state index >= 15 is 0 Å². The minimum absolute atomic E-state index is 0.119. The van der Waals surface area contributed by atoms with Crippen molar-refractivity contribution in [2.24, 2.45) is 0 Å². The van der Waals surface area contributed by atoms with E-state index in [2.05, 4.69) is 20.6 Å². The molecule has 4 rings (SSSR count). The summed E-state index contributed by atoms with van der Waals surface area (Å²) in [5.41, 5.74) is 1.78. The molecule has 1 amide bonds. The van der Waals surface area contributed by atoms with Crippen LogP contribution in [0, 0.1) is 0 Å². The third kappa shape index (κ3) is 5.21. The van der Waals surface area contributed by atoms with E-state index in [4.69, 9.17) is 27.6 Å². The van der Waals surface area contributed by atoms with Crippen molar-refractivity contribution in [3.63, 3.8) is 0 Å². The molecule has 152 valence electrons. The topological polar surface area (TPSA) is 85.8 Å². The second-order valence-corrected chi connectivity index (χ2v) is 8.02. The summed E-state index contributed by atoms with van der Waals surface area (Å²) in [6, 6.07) is 16.3. The number of benzene rings is 2. The maximum atomic E-state index is 12.4. The standard InChI is InChI=1S/C20H15Cl2N5O2S/c21-15-5-1-13(2-6-15)11-27-17(9-10-23-27)24-18(28)12-30-20-26-25-19(29-20)14-3-7-16(22)8-4-14/h1-10H,11-12H2,(H,24,28). The fourth-order valence-electron chi connectivity index (χ4n) is 2.61. The minimum Gasteiger partial charge on any atom is -0.411 e. The van der Waals surface area contributed by atoms with Crippen LogP contribution < -0.4 is 5.32 Å². The first kappa shape index (κ1) is 20.5. The van der Waals surface area contributed by atoms with Gasteiger partial charge < -0.3 is 9.73 Å². The van der Waals surface area contributed by atoms with Crippen molar-refractivity contribution in [2.75, 3.05) is 11.1 Å². The first-order chi connectivity index (χ1) is 14.6. The second kappa shape index (κ2) is 9.34. The molecule has 4 aromatic rings. The Hall–Kier alpha value is -2.81. The van der Waals surface area contributed by atoms with Gasteiger partial charge in [-0.3, -0.25) is 4.79 Å². The Morgan fingerprint density at radius 1 is 1.00 bits per heavy atom. The fourth-order valence-corrected chi connectivity index (χ4v) is 3.43. The average molecular weight is 460 g/mol. The number of nitrogens with zero attached hydrogens (tertiary/aromatic N) is 4. The van der Waals surface area contributed by atoms with Crippen molar-refractivity contribution in [3.8, 4) is 11.5 Å². The second-order valence-electron chi connectivity index (χ2n) is 6.22. The molecule has 7 nitrogen and oxygen atoms in total. The summed E-state index contributed by atoms with van der Waals surface area (Å²) >= 11 is 13.0. The zero-order valence-electron chi connectivity index (χ0n) is 15.5. The van der Waals surface area contributed by atoms with Crippen LogP contribution in [-0.4, -0.2) is 31.6 Å². The number of anilines is 1. The van der Waals surface area contributed by atoms with Crippen molar-refractivity contribution in [2.45, 2.75) is 11.8 Å². The van der Waals surface area contributed by atoms with E-state index in [0.717, 1.165) is 22.9 Å². The molecule has 0 aliphatic rings. The number of carbonyl (C=O) groups excluding carboxylic acids is 1. The Balaban J connectivity index is 1.33. The lowest BCUT2D eigenvalue weighted by Crippen LogP contribution is -2.17. The normalized spacial score (nSPS) is 10.9. The molecule has 30 heavy (non-hydrogen) atoms. The van der Waals surface area contributed by atoms with Crippen molar-refractivity contribution in [1.82, 2.24) is 20.0 Å². The molecular formula is C20H15Cl2N5O2S. The summed E-state index contributed by atoms with van der Waals surface area (Å²) in [5, 5.41) is 16.7. The number of nitrogens with one attached hydrogen (secondary N) is 1. The number of halogens is 2. The van der Waals surface area contributed by atoms with Crippen molar-refractivity contribution in [1.29, 1.82) is 0 Å². The maximum Gasteiger partial charge on any atom is 0.277 e. The zero-order valence-corrected chi connectivity index (χ0v) is 17.8. The highest BCUT2D eigenvalue weighted by molar-refractivity contribution is 7.99. The van der Waals surface area contributed by atoms with Gasteiger partial charge in [0.1, 0.15) is 5.82 Å². The lowest BCUT2D eigenvalue weighted by Gasteiger charge is -2.09. The SMILES string of the molecule is O=C(CSc1nnc(-c2ccc(Cl)cc2)o1)Nc1ccnn1Cc1ccc(Cl)cc1. The predicted octanol–water partition coefficient (Wildman–Crippen LogP) is 5.02. The zero-order chi connectivity index (χ0) is 20.9. The summed E-state index contributed by atoms with van der Waals surface area (Å²) in [6.07, 6.45) is 1.63. The van der Waals surface area contributed by atoms with Gasteiger partial charge in [-0.1, -0.05) is 47.1 Å². The lowest BCUT2D eigenvalue weighted by molar-refractivity contribution is -0.113. The summed E-state index contributed by atoms with van der Waals surface area (Å²) in [4.78, 5) is 12.4. The molecular weight excluding hydrogens is 445 g/mol. The predicted molar refractivity (Wildman–Crippen MR) is 117 cm³/mol. The van der Waals surface area contributed by atoms with E-state index in [9.17, 15) is 4.79 Å². The van der Waals surface area contributed by atoms with Crippen LogP contribution in [0.2, 0.25) is 10.0 Å². The van der Waals surface area contributed by atoms with Crippen molar-refractivity contribution in [3.05, 3.63) is 76.4 Å². The Morgan fingerprint density at radius 2 is 1.70 bits per heavy atom. The third-order valence-electron chi connectivity index (χ3n) is 4.05. The number of rotatable bonds is 7. The number of thioether (sulfide) groups is 1. The largest absolute Gasteiger partial charge is 0.411 e. The molecule has 0 atom stereocenters. The van der Waals surface area contributed by atoms with Gasteiger partial charge in [0.15, 0.2) is 0 Å². The monoisotopic (exact) mass is 459 g/mol. The van der Waals surface area contributed by atoms with Crippen LogP contribution in [0.1, 0.15) is 5.56 Å². The van der Waals surface area contributed by atoms with Crippen LogP contribution in [0.4, 0.5) is 5.82 Å². The molecule has 0 unspecified atom stereocenters. The van der Waals surface area contributed by atoms with E-state index in [1.54, 1.807) is 41.2 Å². The van der Waals surface area contributed by atoms with Crippen LogP contribution in [0.15, 0.2) is 70.4 Å². The van der Waals surface area contributed by atoms with E-state index < -0.39 is 0 Å². The number of aromatic nitrogens is 4. The number of amides is 1. The summed E-state index contributed by atoms with van der Waals surface area (Å²) in [5.74, 6) is 0.886. The smallest absolute Gasteiger partial charge is 0.277 e. The molecule has 0 saturated carbocycles. The van der Waals surface area contributed by atoms with Crippen LogP contribution in [0.5, 0.6) is 0 Å². The number of carbonyl (C=O) groups is 1. The molecule has 0 bridgehead atoms. The van der Waals surface area contributed by atoms with Crippen LogP contribution >= 0.6 is 35.0 Å². The first-order valence-corrected chi connectivity index (χ1v) is 10.6. The van der Waals surface area contributed by atoms with Crippen LogP contribution in [0.25, 0.3) is 11.5 Å². The lowest BCUT2D eigenvalue weighted by atomic mass is 10.2. The van der Waals surface area contributed by atoms with Gasteiger partial charge in [-0.2, -0.15) is 5.10 Å². The Labute approximate surface area is 186 Å². The van der Waals surface area contributed by atoms with E-state index in [1.165, 1.54) is 0 Å². The average Bonchev–Trinajstić information content (AvgIpc) is 3.39. The van der Waals surface area contributed by atoms with Gasteiger partial charge in [0.05, 0.1) is 18.5 Å². The minimum atomic E-state index is -0.205.